The van der Waals surface area contributed by atoms with Crippen LogP contribution in [0.2, 0.25) is 0 Å². The van der Waals surface area contributed by atoms with E-state index in [1.54, 1.807) is 18.3 Å². The van der Waals surface area contributed by atoms with Crippen molar-refractivity contribution < 1.29 is 9.32 Å². The first kappa shape index (κ1) is 10.1. The zero-order valence-electron chi connectivity index (χ0n) is 8.25. The van der Waals surface area contributed by atoms with Gasteiger partial charge in [0.1, 0.15) is 5.82 Å². The Morgan fingerprint density at radius 3 is 3.06 bits per heavy atom. The molecule has 3 N–H and O–H groups in total. The SMILES string of the molecule is NC(=O)c1cccnc1NCc1ncon1. The fourth-order valence-corrected chi connectivity index (χ4v) is 1.18. The molecular formula is C9H9N5O2. The Morgan fingerprint density at radius 1 is 1.50 bits per heavy atom. The maximum absolute atomic E-state index is 11.1. The van der Waals surface area contributed by atoms with Crippen molar-refractivity contribution in [2.45, 2.75) is 6.54 Å². The highest BCUT2D eigenvalue weighted by atomic mass is 16.5. The quantitative estimate of drug-likeness (QED) is 0.759. The lowest BCUT2D eigenvalue weighted by Crippen LogP contribution is -2.15. The van der Waals surface area contributed by atoms with Crippen LogP contribution in [0.1, 0.15) is 16.2 Å². The molecule has 1 amide bonds. The van der Waals surface area contributed by atoms with E-state index in [4.69, 9.17) is 5.73 Å². The van der Waals surface area contributed by atoms with Crippen molar-refractivity contribution in [2.75, 3.05) is 5.32 Å². The molecule has 0 unspecified atom stereocenters. The second-order valence-corrected chi connectivity index (χ2v) is 2.96. The van der Waals surface area contributed by atoms with Crippen molar-refractivity contribution in [1.82, 2.24) is 15.1 Å². The third-order valence-electron chi connectivity index (χ3n) is 1.89. The van der Waals surface area contributed by atoms with Crippen LogP contribution in [0.4, 0.5) is 5.82 Å². The Balaban J connectivity index is 2.12. The van der Waals surface area contributed by atoms with Crippen molar-refractivity contribution in [3.8, 4) is 0 Å². The van der Waals surface area contributed by atoms with E-state index in [1.807, 2.05) is 0 Å². The van der Waals surface area contributed by atoms with E-state index < -0.39 is 5.91 Å². The molecule has 0 radical (unpaired) electrons. The van der Waals surface area contributed by atoms with E-state index in [-0.39, 0.29) is 0 Å². The molecule has 2 heterocycles. The molecule has 0 aliphatic rings. The molecule has 2 aromatic heterocycles. The highest BCUT2D eigenvalue weighted by Crippen LogP contribution is 2.10. The van der Waals surface area contributed by atoms with Gasteiger partial charge in [0.05, 0.1) is 12.1 Å². The Labute approximate surface area is 90.7 Å². The molecule has 2 rings (SSSR count). The minimum absolute atomic E-state index is 0.313. The number of nitrogens with zero attached hydrogens (tertiary/aromatic N) is 3. The summed E-state index contributed by atoms with van der Waals surface area (Å²) in [6.45, 7) is 0.313. The summed E-state index contributed by atoms with van der Waals surface area (Å²) in [4.78, 5) is 18.9. The average molecular weight is 219 g/mol. The highest BCUT2D eigenvalue weighted by molar-refractivity contribution is 5.97. The highest BCUT2D eigenvalue weighted by Gasteiger charge is 2.08. The van der Waals surface area contributed by atoms with Crippen LogP contribution in [0.25, 0.3) is 0 Å². The van der Waals surface area contributed by atoms with Gasteiger partial charge < -0.3 is 15.6 Å². The van der Waals surface area contributed by atoms with Gasteiger partial charge >= 0.3 is 0 Å². The van der Waals surface area contributed by atoms with Crippen LogP contribution in [0, 0.1) is 0 Å². The minimum Gasteiger partial charge on any atom is -0.365 e. The fraction of sp³-hybridized carbons (Fsp3) is 0.111. The van der Waals surface area contributed by atoms with Crippen LogP contribution >= 0.6 is 0 Å². The molecule has 0 fully saturated rings. The zero-order valence-corrected chi connectivity index (χ0v) is 8.25. The molecule has 0 aliphatic heterocycles. The van der Waals surface area contributed by atoms with E-state index in [2.05, 4.69) is 25.0 Å². The van der Waals surface area contributed by atoms with Gasteiger partial charge in [0, 0.05) is 6.20 Å². The second-order valence-electron chi connectivity index (χ2n) is 2.96. The van der Waals surface area contributed by atoms with Crippen molar-refractivity contribution in [3.63, 3.8) is 0 Å². The van der Waals surface area contributed by atoms with E-state index in [0.29, 0.717) is 23.8 Å². The molecule has 16 heavy (non-hydrogen) atoms. The molecule has 7 heteroatoms. The number of anilines is 1. The van der Waals surface area contributed by atoms with Crippen LogP contribution in [0.3, 0.4) is 0 Å². The summed E-state index contributed by atoms with van der Waals surface area (Å²) >= 11 is 0. The number of hydrogen-bond donors (Lipinski definition) is 2. The van der Waals surface area contributed by atoms with E-state index in [0.717, 1.165) is 0 Å². The summed E-state index contributed by atoms with van der Waals surface area (Å²) in [5.74, 6) is 0.338. The number of carbonyl (C=O) groups is 1. The molecular weight excluding hydrogens is 210 g/mol. The number of rotatable bonds is 4. The predicted octanol–water partition coefficient (Wildman–Crippen LogP) is 0.176. The Hall–Kier alpha value is -2.44. The number of pyridine rings is 1. The summed E-state index contributed by atoms with van der Waals surface area (Å²) < 4.78 is 4.57. The number of hydrogen-bond acceptors (Lipinski definition) is 6. The predicted molar refractivity (Wildman–Crippen MR) is 54.4 cm³/mol. The first-order chi connectivity index (χ1) is 7.77. The average Bonchev–Trinajstić information content (AvgIpc) is 2.79. The Bertz CT molecular complexity index is 482. The van der Waals surface area contributed by atoms with E-state index >= 15 is 0 Å². The molecule has 0 saturated carbocycles. The standard InChI is InChI=1S/C9H9N5O2/c10-8(15)6-2-1-3-11-9(6)12-4-7-13-5-16-14-7/h1-3,5H,4H2,(H2,10,15)(H,11,12). The van der Waals surface area contributed by atoms with Crippen LogP contribution in [0.5, 0.6) is 0 Å². The van der Waals surface area contributed by atoms with Crippen molar-refractivity contribution in [2.24, 2.45) is 5.73 Å². The molecule has 0 bridgehead atoms. The van der Waals surface area contributed by atoms with E-state index in [9.17, 15) is 4.79 Å². The minimum atomic E-state index is -0.538. The Kier molecular flexibility index (Phi) is 2.77. The molecule has 0 spiro atoms. The van der Waals surface area contributed by atoms with Gasteiger partial charge in [-0.2, -0.15) is 4.98 Å². The Morgan fingerprint density at radius 2 is 2.38 bits per heavy atom. The largest absolute Gasteiger partial charge is 0.365 e. The van der Waals surface area contributed by atoms with Crippen molar-refractivity contribution >= 4 is 11.7 Å². The van der Waals surface area contributed by atoms with Gasteiger partial charge in [-0.1, -0.05) is 5.16 Å². The number of nitrogens with two attached hydrogens (primary N) is 1. The molecule has 82 valence electrons. The fourth-order valence-electron chi connectivity index (χ4n) is 1.18. The van der Waals surface area contributed by atoms with Crippen LogP contribution in [-0.4, -0.2) is 21.0 Å². The maximum Gasteiger partial charge on any atom is 0.252 e. The lowest BCUT2D eigenvalue weighted by molar-refractivity contribution is 0.100. The number of aromatic nitrogens is 3. The lowest BCUT2D eigenvalue weighted by atomic mass is 10.2. The third-order valence-corrected chi connectivity index (χ3v) is 1.89. The summed E-state index contributed by atoms with van der Waals surface area (Å²) in [7, 11) is 0. The van der Waals surface area contributed by atoms with Gasteiger partial charge in [0.15, 0.2) is 5.82 Å². The van der Waals surface area contributed by atoms with Crippen LogP contribution < -0.4 is 11.1 Å². The maximum atomic E-state index is 11.1. The van der Waals surface area contributed by atoms with Gasteiger partial charge in [0.25, 0.3) is 5.91 Å². The zero-order chi connectivity index (χ0) is 11.4. The first-order valence-corrected chi connectivity index (χ1v) is 4.51. The van der Waals surface area contributed by atoms with Gasteiger partial charge in [-0.25, -0.2) is 4.98 Å². The number of amides is 1. The van der Waals surface area contributed by atoms with Gasteiger partial charge in [0.2, 0.25) is 6.39 Å². The molecule has 0 aliphatic carbocycles. The lowest BCUT2D eigenvalue weighted by Gasteiger charge is -2.05. The van der Waals surface area contributed by atoms with Gasteiger partial charge in [-0.3, -0.25) is 4.79 Å². The number of primary amides is 1. The van der Waals surface area contributed by atoms with Gasteiger partial charge in [-0.15, -0.1) is 0 Å². The summed E-state index contributed by atoms with van der Waals surface area (Å²) in [6, 6.07) is 3.23. The normalized spacial score (nSPS) is 10.0. The monoisotopic (exact) mass is 219 g/mol. The van der Waals surface area contributed by atoms with Gasteiger partial charge in [-0.05, 0) is 12.1 Å². The second kappa shape index (κ2) is 4.39. The topological polar surface area (TPSA) is 107 Å². The molecule has 0 saturated heterocycles. The van der Waals surface area contributed by atoms with Crippen molar-refractivity contribution in [1.29, 1.82) is 0 Å². The van der Waals surface area contributed by atoms with Crippen LogP contribution in [-0.2, 0) is 6.54 Å². The summed E-state index contributed by atoms with van der Waals surface area (Å²) in [5, 5.41) is 6.51. The molecule has 2 aromatic rings. The molecule has 0 aromatic carbocycles. The van der Waals surface area contributed by atoms with E-state index in [1.165, 1.54) is 6.39 Å². The van der Waals surface area contributed by atoms with Crippen LogP contribution in [0.15, 0.2) is 29.2 Å². The first-order valence-electron chi connectivity index (χ1n) is 4.51. The third kappa shape index (κ3) is 2.14. The summed E-state index contributed by atoms with van der Waals surface area (Å²) in [6.07, 6.45) is 2.79. The molecule has 7 nitrogen and oxygen atoms in total. The number of nitrogens with one attached hydrogen (secondary N) is 1. The summed E-state index contributed by atoms with van der Waals surface area (Å²) in [5.41, 5.74) is 5.52. The number of carbonyl (C=O) groups excluding carboxylic acids is 1. The smallest absolute Gasteiger partial charge is 0.252 e. The van der Waals surface area contributed by atoms with Crippen molar-refractivity contribution in [3.05, 3.63) is 36.1 Å². The molecule has 0 atom stereocenters.